The number of alkyl halides is 3. The molecule has 0 atom stereocenters. The zero-order valence-corrected chi connectivity index (χ0v) is 16.2. The van der Waals surface area contributed by atoms with Gasteiger partial charge in [0.1, 0.15) is 11.4 Å². The highest BCUT2D eigenvalue weighted by atomic mass is 19.4. The van der Waals surface area contributed by atoms with Gasteiger partial charge in [-0.2, -0.15) is 18.3 Å². The van der Waals surface area contributed by atoms with Gasteiger partial charge in [0.15, 0.2) is 5.69 Å². The number of halogens is 3. The standard InChI is InChI=1S/C17H31F3N5/c1-13(2)15-16(25(4,5)6)14(21-22(15)3)11-23-7-9-24(10-8-23)12-17(18,19)20/h13H,7-12H2,1-6H3/q+1. The van der Waals surface area contributed by atoms with Gasteiger partial charge in [-0.1, -0.05) is 13.8 Å². The van der Waals surface area contributed by atoms with E-state index >= 15 is 0 Å². The second kappa shape index (κ2) is 7.25. The first kappa shape index (κ1) is 20.2. The van der Waals surface area contributed by atoms with Crippen LogP contribution in [0.1, 0.15) is 31.2 Å². The summed E-state index contributed by atoms with van der Waals surface area (Å²) in [6.45, 7) is 6.37. The summed E-state index contributed by atoms with van der Waals surface area (Å²) in [6, 6.07) is 0. The topological polar surface area (TPSA) is 24.3 Å². The second-order valence-corrected chi connectivity index (χ2v) is 8.14. The Morgan fingerprint density at radius 1 is 1.04 bits per heavy atom. The van der Waals surface area contributed by atoms with Crippen LogP contribution in [0.25, 0.3) is 0 Å². The quantitative estimate of drug-likeness (QED) is 0.752. The third-order valence-corrected chi connectivity index (χ3v) is 4.59. The van der Waals surface area contributed by atoms with Crippen LogP contribution >= 0.6 is 0 Å². The molecule has 0 aromatic carbocycles. The van der Waals surface area contributed by atoms with Crippen LogP contribution < -0.4 is 4.48 Å². The van der Waals surface area contributed by atoms with E-state index < -0.39 is 12.7 Å². The molecule has 2 rings (SSSR count). The number of rotatable bonds is 5. The number of aromatic nitrogens is 2. The second-order valence-electron chi connectivity index (χ2n) is 8.14. The highest BCUT2D eigenvalue weighted by Gasteiger charge is 2.34. The van der Waals surface area contributed by atoms with Crippen molar-refractivity contribution < 1.29 is 13.2 Å². The maximum absolute atomic E-state index is 12.5. The zero-order valence-electron chi connectivity index (χ0n) is 16.2. The summed E-state index contributed by atoms with van der Waals surface area (Å²) in [7, 11) is 8.37. The average Bonchev–Trinajstić information content (AvgIpc) is 2.76. The van der Waals surface area contributed by atoms with Gasteiger partial charge in [-0.25, -0.2) is 0 Å². The third-order valence-electron chi connectivity index (χ3n) is 4.59. The molecule has 8 heteroatoms. The molecule has 5 nitrogen and oxygen atoms in total. The molecule has 0 aliphatic carbocycles. The van der Waals surface area contributed by atoms with Crippen molar-refractivity contribution in [2.75, 3.05) is 53.9 Å². The Bertz CT molecular complexity index is 578. The predicted molar refractivity (Wildman–Crippen MR) is 94.6 cm³/mol. The van der Waals surface area contributed by atoms with Crippen LogP contribution in [0, 0.1) is 0 Å². The summed E-state index contributed by atoms with van der Waals surface area (Å²) in [5.41, 5.74) is 3.47. The first-order chi connectivity index (χ1) is 11.4. The fourth-order valence-corrected chi connectivity index (χ4v) is 3.64. The molecule has 144 valence electrons. The van der Waals surface area contributed by atoms with E-state index in [1.807, 2.05) is 11.7 Å². The zero-order chi connectivity index (χ0) is 19.0. The van der Waals surface area contributed by atoms with Crippen LogP contribution in [-0.2, 0) is 13.6 Å². The van der Waals surface area contributed by atoms with Crippen LogP contribution in [0.4, 0.5) is 18.9 Å². The van der Waals surface area contributed by atoms with Crippen molar-refractivity contribution in [3.8, 4) is 0 Å². The maximum atomic E-state index is 12.5. The van der Waals surface area contributed by atoms with Gasteiger partial charge < -0.3 is 0 Å². The Hall–Kier alpha value is -1.12. The van der Waals surface area contributed by atoms with E-state index in [9.17, 15) is 13.2 Å². The molecule has 2 heterocycles. The molecule has 1 aliphatic rings. The number of hydrogen-bond acceptors (Lipinski definition) is 3. The Morgan fingerprint density at radius 2 is 1.56 bits per heavy atom. The number of aryl methyl sites for hydroxylation is 1. The first-order valence-electron chi connectivity index (χ1n) is 8.77. The van der Waals surface area contributed by atoms with E-state index in [2.05, 4.69) is 39.9 Å². The molecule has 1 aromatic rings. The summed E-state index contributed by atoms with van der Waals surface area (Å²) in [5, 5.41) is 4.74. The van der Waals surface area contributed by atoms with Crippen molar-refractivity contribution in [1.29, 1.82) is 0 Å². The van der Waals surface area contributed by atoms with Crippen LogP contribution in [0.2, 0.25) is 0 Å². The van der Waals surface area contributed by atoms with Gasteiger partial charge in [0.25, 0.3) is 0 Å². The predicted octanol–water partition coefficient (Wildman–Crippen LogP) is 2.42. The van der Waals surface area contributed by atoms with Crippen molar-refractivity contribution in [3.63, 3.8) is 0 Å². The molecule has 0 spiro atoms. The molecular formula is C17H31F3N5+. The summed E-state index contributed by atoms with van der Waals surface area (Å²) >= 11 is 0. The normalized spacial score (nSPS) is 18.3. The van der Waals surface area contributed by atoms with Crippen molar-refractivity contribution >= 4 is 5.69 Å². The lowest BCUT2D eigenvalue weighted by Crippen LogP contribution is -2.49. The van der Waals surface area contributed by atoms with Crippen molar-refractivity contribution in [2.45, 2.75) is 32.5 Å². The van der Waals surface area contributed by atoms with E-state index in [1.165, 1.54) is 16.3 Å². The molecule has 0 N–H and O–H groups in total. The van der Waals surface area contributed by atoms with Gasteiger partial charge in [0.05, 0.1) is 27.7 Å². The van der Waals surface area contributed by atoms with E-state index in [-0.39, 0.29) is 0 Å². The lowest BCUT2D eigenvalue weighted by Gasteiger charge is -2.35. The fourth-order valence-electron chi connectivity index (χ4n) is 3.64. The number of hydrogen-bond donors (Lipinski definition) is 0. The van der Waals surface area contributed by atoms with Crippen LogP contribution in [0.5, 0.6) is 0 Å². The first-order valence-corrected chi connectivity index (χ1v) is 8.77. The van der Waals surface area contributed by atoms with Crippen molar-refractivity contribution in [2.24, 2.45) is 7.05 Å². The minimum atomic E-state index is -4.12. The summed E-state index contributed by atoms with van der Waals surface area (Å²) in [6.07, 6.45) is -4.12. The molecule has 0 bridgehead atoms. The number of piperazine rings is 1. The minimum absolute atomic E-state index is 0.363. The molecule has 1 aromatic heterocycles. The Balaban J connectivity index is 2.11. The van der Waals surface area contributed by atoms with Gasteiger partial charge in [0.2, 0.25) is 0 Å². The van der Waals surface area contributed by atoms with Crippen LogP contribution in [-0.4, -0.2) is 79.6 Å². The fraction of sp³-hybridized carbons (Fsp3) is 0.824. The Labute approximate surface area is 148 Å². The van der Waals surface area contributed by atoms with Gasteiger partial charge in [-0.05, 0) is 0 Å². The number of quaternary nitrogens is 1. The molecule has 1 aliphatic heterocycles. The molecule has 1 fully saturated rings. The summed E-state index contributed by atoms with van der Waals surface area (Å²) in [4.78, 5) is 3.69. The van der Waals surface area contributed by atoms with E-state index in [0.29, 0.717) is 43.1 Å². The maximum Gasteiger partial charge on any atom is 0.401 e. The molecule has 1 saturated heterocycles. The van der Waals surface area contributed by atoms with E-state index in [1.54, 1.807) is 0 Å². The lowest BCUT2D eigenvalue weighted by atomic mass is 10.1. The van der Waals surface area contributed by atoms with Crippen molar-refractivity contribution in [3.05, 3.63) is 11.4 Å². The van der Waals surface area contributed by atoms with Gasteiger partial charge >= 0.3 is 6.18 Å². The van der Waals surface area contributed by atoms with E-state index in [4.69, 9.17) is 5.10 Å². The van der Waals surface area contributed by atoms with Gasteiger partial charge in [0, 0.05) is 45.7 Å². The lowest BCUT2D eigenvalue weighted by molar-refractivity contribution is -0.149. The average molecular weight is 362 g/mol. The summed E-state index contributed by atoms with van der Waals surface area (Å²) < 4.78 is 40.2. The van der Waals surface area contributed by atoms with Crippen LogP contribution in [0.15, 0.2) is 0 Å². The van der Waals surface area contributed by atoms with E-state index in [0.717, 1.165) is 5.69 Å². The van der Waals surface area contributed by atoms with Gasteiger partial charge in [-0.15, -0.1) is 0 Å². The molecular weight excluding hydrogens is 331 g/mol. The molecule has 0 radical (unpaired) electrons. The molecule has 0 saturated carbocycles. The monoisotopic (exact) mass is 362 g/mol. The highest BCUT2D eigenvalue weighted by molar-refractivity contribution is 5.52. The Morgan fingerprint density at radius 3 is 2.00 bits per heavy atom. The van der Waals surface area contributed by atoms with Gasteiger partial charge in [-0.3, -0.25) is 19.0 Å². The third kappa shape index (κ3) is 5.18. The SMILES string of the molecule is CC(C)c1c([N+](C)(C)C)c(CN2CCN(CC(F)(F)F)CC2)nn1C. The van der Waals surface area contributed by atoms with Crippen molar-refractivity contribution in [1.82, 2.24) is 24.1 Å². The molecule has 0 unspecified atom stereocenters. The largest absolute Gasteiger partial charge is 0.401 e. The number of nitrogens with zero attached hydrogens (tertiary/aromatic N) is 5. The molecule has 0 amide bonds. The minimum Gasteiger partial charge on any atom is -0.295 e. The highest BCUT2D eigenvalue weighted by Crippen LogP contribution is 2.33. The Kier molecular flexibility index (Phi) is 5.85. The summed E-state index contributed by atoms with van der Waals surface area (Å²) in [5.74, 6) is 0.363. The smallest absolute Gasteiger partial charge is 0.295 e. The molecule has 25 heavy (non-hydrogen) atoms. The van der Waals surface area contributed by atoms with Crippen LogP contribution in [0.3, 0.4) is 0 Å².